The van der Waals surface area contributed by atoms with E-state index in [1.807, 2.05) is 64.1 Å². The summed E-state index contributed by atoms with van der Waals surface area (Å²) in [6, 6.07) is 20.1. The topological polar surface area (TPSA) is 69.7 Å². The number of amides is 3. The normalized spacial score (nSPS) is 13.5. The molecule has 3 amide bonds. The minimum Gasteiger partial charge on any atom is -0.350 e. The van der Waals surface area contributed by atoms with Crippen molar-refractivity contribution in [3.63, 3.8) is 0 Å². The summed E-state index contributed by atoms with van der Waals surface area (Å²) in [6.45, 7) is 8.16. The molecule has 1 aliphatic heterocycles. The lowest BCUT2D eigenvalue weighted by molar-refractivity contribution is -0.120. The smallest absolute Gasteiger partial charge is 0.283 e. The zero-order valence-corrected chi connectivity index (χ0v) is 20.8. The molecule has 0 fully saturated rings. The van der Waals surface area contributed by atoms with Crippen LogP contribution in [0.15, 0.2) is 77.5 Å². The van der Waals surface area contributed by atoms with E-state index in [2.05, 4.69) is 5.32 Å². The van der Waals surface area contributed by atoms with Gasteiger partial charge in [0.15, 0.2) is 0 Å². The molecule has 3 aromatic rings. The van der Waals surface area contributed by atoms with Crippen molar-refractivity contribution in [2.24, 2.45) is 0 Å². The van der Waals surface area contributed by atoms with Crippen LogP contribution in [0.25, 0.3) is 0 Å². The van der Waals surface area contributed by atoms with Crippen molar-refractivity contribution in [1.82, 2.24) is 0 Å². The number of anilines is 3. The molecule has 6 nitrogen and oxygen atoms in total. The van der Waals surface area contributed by atoms with Crippen LogP contribution in [0, 0.1) is 20.8 Å². The number of hydrogen-bond acceptors (Lipinski definition) is 4. The third-order valence-electron chi connectivity index (χ3n) is 5.91. The van der Waals surface area contributed by atoms with E-state index in [9.17, 15) is 14.4 Å². The summed E-state index contributed by atoms with van der Waals surface area (Å²) >= 11 is 6.28. The molecule has 0 unspecified atom stereocenters. The second-order valence-electron chi connectivity index (χ2n) is 8.52. The monoisotopic (exact) mass is 487 g/mol. The van der Waals surface area contributed by atoms with Crippen LogP contribution in [0.5, 0.6) is 0 Å². The molecule has 35 heavy (non-hydrogen) atoms. The quantitative estimate of drug-likeness (QED) is 0.452. The van der Waals surface area contributed by atoms with Crippen LogP contribution >= 0.6 is 11.6 Å². The van der Waals surface area contributed by atoms with Gasteiger partial charge in [-0.15, -0.1) is 0 Å². The van der Waals surface area contributed by atoms with Crippen molar-refractivity contribution < 1.29 is 14.4 Å². The number of imide groups is 1. The average molecular weight is 488 g/mol. The summed E-state index contributed by atoms with van der Waals surface area (Å²) in [5, 5.41) is 2.79. The van der Waals surface area contributed by atoms with E-state index in [-0.39, 0.29) is 16.6 Å². The lowest BCUT2D eigenvalue weighted by Crippen LogP contribution is -2.33. The number of aryl methyl sites for hydroxylation is 3. The van der Waals surface area contributed by atoms with Gasteiger partial charge in [0.2, 0.25) is 0 Å². The lowest BCUT2D eigenvalue weighted by atomic mass is 10.1. The van der Waals surface area contributed by atoms with Gasteiger partial charge in [-0.3, -0.25) is 14.4 Å². The van der Waals surface area contributed by atoms with Gasteiger partial charge in [-0.2, -0.15) is 0 Å². The number of nitrogens with one attached hydrogen (secondary N) is 1. The molecule has 0 radical (unpaired) electrons. The molecule has 1 N–H and O–H groups in total. The highest BCUT2D eigenvalue weighted by Crippen LogP contribution is 2.32. The van der Waals surface area contributed by atoms with E-state index in [1.165, 1.54) is 0 Å². The SMILES string of the molecule is CCN(C(=O)c1ccc(NC2=C(Cl)C(=O)N(c3cc(C)ccc3C)C2=O)cc1)c1cccc(C)c1. The van der Waals surface area contributed by atoms with Gasteiger partial charge < -0.3 is 10.2 Å². The van der Waals surface area contributed by atoms with Crippen LogP contribution in [-0.2, 0) is 9.59 Å². The lowest BCUT2D eigenvalue weighted by Gasteiger charge is -2.22. The van der Waals surface area contributed by atoms with Crippen LogP contribution < -0.4 is 15.1 Å². The Morgan fingerprint density at radius 2 is 1.60 bits per heavy atom. The number of hydrogen-bond donors (Lipinski definition) is 1. The maximum atomic E-state index is 13.1. The second-order valence-corrected chi connectivity index (χ2v) is 8.89. The fraction of sp³-hybridized carbons (Fsp3) is 0.179. The molecular formula is C28H26ClN3O3. The van der Waals surface area contributed by atoms with Crippen LogP contribution in [-0.4, -0.2) is 24.3 Å². The van der Waals surface area contributed by atoms with Gasteiger partial charge in [-0.1, -0.05) is 35.9 Å². The number of halogens is 1. The van der Waals surface area contributed by atoms with E-state index >= 15 is 0 Å². The summed E-state index contributed by atoms with van der Waals surface area (Å²) in [4.78, 5) is 41.9. The number of nitrogens with zero attached hydrogens (tertiary/aromatic N) is 2. The Kier molecular flexibility index (Phi) is 6.76. The van der Waals surface area contributed by atoms with E-state index < -0.39 is 11.8 Å². The van der Waals surface area contributed by atoms with Crippen molar-refractivity contribution in [3.8, 4) is 0 Å². The first-order chi connectivity index (χ1) is 16.7. The first-order valence-electron chi connectivity index (χ1n) is 11.3. The first-order valence-corrected chi connectivity index (χ1v) is 11.7. The molecule has 1 heterocycles. The van der Waals surface area contributed by atoms with Crippen molar-refractivity contribution in [3.05, 3.63) is 99.7 Å². The van der Waals surface area contributed by atoms with Crippen molar-refractivity contribution in [2.75, 3.05) is 21.7 Å². The maximum Gasteiger partial charge on any atom is 0.283 e. The van der Waals surface area contributed by atoms with Gasteiger partial charge >= 0.3 is 0 Å². The Labute approximate surface area is 209 Å². The summed E-state index contributed by atoms with van der Waals surface area (Å²) in [5.41, 5.74) is 5.18. The molecule has 178 valence electrons. The number of rotatable bonds is 6. The van der Waals surface area contributed by atoms with E-state index in [4.69, 9.17) is 11.6 Å². The van der Waals surface area contributed by atoms with Gasteiger partial charge in [0, 0.05) is 23.5 Å². The fourth-order valence-electron chi connectivity index (χ4n) is 4.03. The zero-order valence-electron chi connectivity index (χ0n) is 20.1. The molecule has 0 saturated heterocycles. The minimum atomic E-state index is -0.573. The Balaban J connectivity index is 1.54. The Morgan fingerprint density at radius 3 is 2.26 bits per heavy atom. The predicted molar refractivity (Wildman–Crippen MR) is 140 cm³/mol. The molecule has 0 bridgehead atoms. The summed E-state index contributed by atoms with van der Waals surface area (Å²) in [6.07, 6.45) is 0. The number of benzene rings is 3. The number of carbonyl (C=O) groups excluding carboxylic acids is 3. The van der Waals surface area contributed by atoms with Crippen LogP contribution in [0.2, 0.25) is 0 Å². The van der Waals surface area contributed by atoms with Gasteiger partial charge in [-0.25, -0.2) is 4.90 Å². The second kappa shape index (κ2) is 9.76. The van der Waals surface area contributed by atoms with Crippen LogP contribution in [0.4, 0.5) is 17.1 Å². The summed E-state index contributed by atoms with van der Waals surface area (Å²) in [5.74, 6) is -1.23. The maximum absolute atomic E-state index is 13.1. The van der Waals surface area contributed by atoms with E-state index in [0.29, 0.717) is 23.5 Å². The molecule has 7 heteroatoms. The van der Waals surface area contributed by atoms with Crippen molar-refractivity contribution >= 4 is 46.4 Å². The van der Waals surface area contributed by atoms with Crippen LogP contribution in [0.1, 0.15) is 34.0 Å². The summed E-state index contributed by atoms with van der Waals surface area (Å²) in [7, 11) is 0. The molecule has 0 atom stereocenters. The molecule has 1 aliphatic rings. The summed E-state index contributed by atoms with van der Waals surface area (Å²) < 4.78 is 0. The molecule has 3 aromatic carbocycles. The average Bonchev–Trinajstić information content (AvgIpc) is 3.04. The van der Waals surface area contributed by atoms with Gasteiger partial charge in [0.1, 0.15) is 10.7 Å². The first kappa shape index (κ1) is 24.2. The highest BCUT2D eigenvalue weighted by atomic mass is 35.5. The molecule has 0 aliphatic carbocycles. The zero-order chi connectivity index (χ0) is 25.3. The van der Waals surface area contributed by atoms with E-state index in [0.717, 1.165) is 27.3 Å². The third kappa shape index (κ3) is 4.70. The molecule has 4 rings (SSSR count). The molecular weight excluding hydrogens is 462 g/mol. The Morgan fingerprint density at radius 1 is 0.914 bits per heavy atom. The van der Waals surface area contributed by atoms with Crippen molar-refractivity contribution in [2.45, 2.75) is 27.7 Å². The predicted octanol–water partition coefficient (Wildman–Crippen LogP) is 5.71. The van der Waals surface area contributed by atoms with Gasteiger partial charge in [0.05, 0.1) is 5.69 Å². The van der Waals surface area contributed by atoms with E-state index in [1.54, 1.807) is 35.2 Å². The number of carbonyl (C=O) groups is 3. The third-order valence-corrected chi connectivity index (χ3v) is 6.26. The highest BCUT2D eigenvalue weighted by Gasteiger charge is 2.39. The van der Waals surface area contributed by atoms with Gasteiger partial charge in [-0.05, 0) is 86.8 Å². The fourth-order valence-corrected chi connectivity index (χ4v) is 4.24. The standard InChI is InChI=1S/C28H26ClN3O3/c1-5-31(22-8-6-7-17(2)15-22)26(33)20-11-13-21(14-12-20)30-25-24(29)27(34)32(28(25)35)23-16-18(3)9-10-19(23)4/h6-16,30H,5H2,1-4H3. The van der Waals surface area contributed by atoms with Crippen molar-refractivity contribution in [1.29, 1.82) is 0 Å². The molecule has 0 saturated carbocycles. The van der Waals surface area contributed by atoms with Gasteiger partial charge in [0.25, 0.3) is 17.7 Å². The minimum absolute atomic E-state index is 0.00611. The highest BCUT2D eigenvalue weighted by molar-refractivity contribution is 6.53. The van der Waals surface area contributed by atoms with Crippen LogP contribution in [0.3, 0.4) is 0 Å². The largest absolute Gasteiger partial charge is 0.350 e. The Bertz CT molecular complexity index is 1360. The molecule has 0 spiro atoms. The Hall–Kier alpha value is -3.90. The molecule has 0 aromatic heterocycles.